The molecule has 15 heavy (non-hydrogen) atoms. The number of rotatable bonds is 1. The molecule has 0 aliphatic carbocycles. The molecule has 1 unspecified atom stereocenters. The molecule has 1 aliphatic heterocycles. The van der Waals surface area contributed by atoms with E-state index in [-0.39, 0.29) is 0 Å². The van der Waals surface area contributed by atoms with Crippen LogP contribution in [0.4, 0.5) is 0 Å². The van der Waals surface area contributed by atoms with E-state index in [1.165, 1.54) is 17.5 Å². The van der Waals surface area contributed by atoms with Crippen LogP contribution in [0, 0.1) is 19.8 Å². The number of aryl methyl sites for hydroxylation is 2. The molecule has 0 amide bonds. The summed E-state index contributed by atoms with van der Waals surface area (Å²) in [6.45, 7) is 10.2. The second-order valence-corrected chi connectivity index (χ2v) is 5.08. The van der Waals surface area contributed by atoms with Gasteiger partial charge >= 0.3 is 0 Å². The molecule has 0 saturated heterocycles. The third-order valence-corrected chi connectivity index (χ3v) is 3.35. The summed E-state index contributed by atoms with van der Waals surface area (Å²) in [6, 6.07) is 5.22. The van der Waals surface area contributed by atoms with E-state index in [4.69, 9.17) is 0 Å². The fourth-order valence-corrected chi connectivity index (χ4v) is 2.75. The van der Waals surface area contributed by atoms with E-state index in [1.54, 1.807) is 11.1 Å². The Bertz CT molecular complexity index is 366. The van der Waals surface area contributed by atoms with Gasteiger partial charge in [0.2, 0.25) is 0 Å². The van der Waals surface area contributed by atoms with Crippen molar-refractivity contribution in [3.63, 3.8) is 0 Å². The van der Waals surface area contributed by atoms with E-state index in [2.05, 4.69) is 45.1 Å². The second-order valence-electron chi connectivity index (χ2n) is 5.08. The Morgan fingerprint density at radius 2 is 2.00 bits per heavy atom. The quantitative estimate of drug-likeness (QED) is 0.739. The number of hydrogen-bond acceptors (Lipinski definition) is 1. The summed E-state index contributed by atoms with van der Waals surface area (Å²) in [5, 5.41) is 3.64. The fourth-order valence-electron chi connectivity index (χ4n) is 2.75. The number of nitrogens with one attached hydrogen (secondary N) is 1. The van der Waals surface area contributed by atoms with Gasteiger partial charge in [0.25, 0.3) is 0 Å². The van der Waals surface area contributed by atoms with Crippen LogP contribution >= 0.6 is 0 Å². The molecule has 82 valence electrons. The minimum Gasteiger partial charge on any atom is -0.309 e. The average molecular weight is 203 g/mol. The molecular weight excluding hydrogens is 182 g/mol. The summed E-state index contributed by atoms with van der Waals surface area (Å²) < 4.78 is 0. The van der Waals surface area contributed by atoms with Crippen molar-refractivity contribution >= 4 is 0 Å². The first-order valence-electron chi connectivity index (χ1n) is 5.93. The maximum Gasteiger partial charge on any atom is 0.0348 e. The first-order valence-corrected chi connectivity index (χ1v) is 5.93. The van der Waals surface area contributed by atoms with Gasteiger partial charge in [-0.15, -0.1) is 0 Å². The van der Waals surface area contributed by atoms with Gasteiger partial charge in [0.15, 0.2) is 0 Å². The van der Waals surface area contributed by atoms with Gasteiger partial charge in [-0.25, -0.2) is 0 Å². The second kappa shape index (κ2) is 3.97. The first-order chi connectivity index (χ1) is 7.09. The van der Waals surface area contributed by atoms with Crippen LogP contribution in [-0.4, -0.2) is 6.54 Å². The van der Waals surface area contributed by atoms with Gasteiger partial charge in [0.05, 0.1) is 0 Å². The monoisotopic (exact) mass is 203 g/mol. The summed E-state index contributed by atoms with van der Waals surface area (Å²) in [5.74, 6) is 0.672. The molecule has 1 heteroatoms. The first kappa shape index (κ1) is 10.7. The maximum atomic E-state index is 3.64. The van der Waals surface area contributed by atoms with Crippen molar-refractivity contribution in [2.45, 2.75) is 40.2 Å². The highest BCUT2D eigenvalue weighted by Crippen LogP contribution is 2.31. The molecule has 1 aromatic rings. The van der Waals surface area contributed by atoms with Crippen molar-refractivity contribution in [3.8, 4) is 0 Å². The minimum atomic E-state index is 0.550. The summed E-state index contributed by atoms with van der Waals surface area (Å²) in [6.07, 6.45) is 1.18. The molecule has 0 saturated carbocycles. The Morgan fingerprint density at radius 1 is 1.27 bits per heavy atom. The standard InChI is InChI=1S/C14H21N/c1-9(2)14-13-11(4)7-10(3)8-12(13)5-6-15-14/h7-9,14-15H,5-6H2,1-4H3. The highest BCUT2D eigenvalue weighted by Gasteiger charge is 2.23. The predicted molar refractivity (Wildman–Crippen MR) is 65.2 cm³/mol. The average Bonchev–Trinajstić information content (AvgIpc) is 2.16. The van der Waals surface area contributed by atoms with Crippen LogP contribution in [-0.2, 0) is 6.42 Å². The molecule has 1 atom stereocenters. The highest BCUT2D eigenvalue weighted by molar-refractivity contribution is 5.42. The lowest BCUT2D eigenvalue weighted by atomic mass is 9.84. The Hall–Kier alpha value is -0.820. The topological polar surface area (TPSA) is 12.0 Å². The van der Waals surface area contributed by atoms with Crippen molar-refractivity contribution in [2.24, 2.45) is 5.92 Å². The van der Waals surface area contributed by atoms with E-state index >= 15 is 0 Å². The largest absolute Gasteiger partial charge is 0.309 e. The summed E-state index contributed by atoms with van der Waals surface area (Å²) in [7, 11) is 0. The molecule has 2 rings (SSSR count). The molecule has 1 aliphatic rings. The molecular formula is C14H21N. The molecule has 1 N–H and O–H groups in total. The zero-order chi connectivity index (χ0) is 11.0. The van der Waals surface area contributed by atoms with Gasteiger partial charge < -0.3 is 5.32 Å². The number of hydrogen-bond donors (Lipinski definition) is 1. The van der Waals surface area contributed by atoms with E-state index in [1.807, 2.05) is 0 Å². The fraction of sp³-hybridized carbons (Fsp3) is 0.571. The Labute approximate surface area is 92.9 Å². The van der Waals surface area contributed by atoms with E-state index in [0.29, 0.717) is 12.0 Å². The molecule has 1 heterocycles. The third kappa shape index (κ3) is 1.93. The third-order valence-electron chi connectivity index (χ3n) is 3.35. The number of benzene rings is 1. The smallest absolute Gasteiger partial charge is 0.0348 e. The van der Waals surface area contributed by atoms with Gasteiger partial charge in [0.1, 0.15) is 0 Å². The van der Waals surface area contributed by atoms with Crippen LogP contribution in [0.2, 0.25) is 0 Å². The van der Waals surface area contributed by atoms with Gasteiger partial charge in [-0.1, -0.05) is 31.5 Å². The van der Waals surface area contributed by atoms with Crippen LogP contribution in [0.25, 0.3) is 0 Å². The minimum absolute atomic E-state index is 0.550. The molecule has 0 fully saturated rings. The Balaban J connectivity index is 2.51. The molecule has 0 bridgehead atoms. The summed E-state index contributed by atoms with van der Waals surface area (Å²) in [5.41, 5.74) is 5.97. The van der Waals surface area contributed by atoms with Crippen molar-refractivity contribution < 1.29 is 0 Å². The predicted octanol–water partition coefficient (Wildman–Crippen LogP) is 3.15. The van der Waals surface area contributed by atoms with Gasteiger partial charge in [-0.2, -0.15) is 0 Å². The van der Waals surface area contributed by atoms with Crippen LogP contribution in [0.5, 0.6) is 0 Å². The van der Waals surface area contributed by atoms with Gasteiger partial charge in [-0.05, 0) is 49.4 Å². The Morgan fingerprint density at radius 3 is 2.67 bits per heavy atom. The van der Waals surface area contributed by atoms with Crippen molar-refractivity contribution in [3.05, 3.63) is 34.4 Å². The van der Waals surface area contributed by atoms with E-state index in [0.717, 1.165) is 6.54 Å². The van der Waals surface area contributed by atoms with Crippen molar-refractivity contribution in [1.82, 2.24) is 5.32 Å². The summed E-state index contributed by atoms with van der Waals surface area (Å²) in [4.78, 5) is 0. The number of fused-ring (bicyclic) bond motifs is 1. The normalized spacial score (nSPS) is 20.5. The zero-order valence-corrected chi connectivity index (χ0v) is 10.2. The maximum absolute atomic E-state index is 3.64. The van der Waals surface area contributed by atoms with Crippen LogP contribution in [0.3, 0.4) is 0 Å². The molecule has 0 spiro atoms. The van der Waals surface area contributed by atoms with Crippen molar-refractivity contribution in [2.75, 3.05) is 6.54 Å². The van der Waals surface area contributed by atoms with Crippen molar-refractivity contribution in [1.29, 1.82) is 0 Å². The lowest BCUT2D eigenvalue weighted by molar-refractivity contribution is 0.393. The molecule has 1 aromatic carbocycles. The summed E-state index contributed by atoms with van der Waals surface area (Å²) >= 11 is 0. The van der Waals surface area contributed by atoms with Crippen LogP contribution < -0.4 is 5.32 Å². The Kier molecular flexibility index (Phi) is 2.83. The van der Waals surface area contributed by atoms with Gasteiger partial charge in [-0.3, -0.25) is 0 Å². The SMILES string of the molecule is Cc1cc(C)c2c(c1)CCNC2C(C)C. The lowest BCUT2D eigenvalue weighted by Gasteiger charge is -2.31. The molecule has 0 radical (unpaired) electrons. The highest BCUT2D eigenvalue weighted by atomic mass is 14.9. The molecule has 0 aromatic heterocycles. The lowest BCUT2D eigenvalue weighted by Crippen LogP contribution is -2.33. The van der Waals surface area contributed by atoms with E-state index < -0.39 is 0 Å². The van der Waals surface area contributed by atoms with Gasteiger partial charge in [0, 0.05) is 6.04 Å². The molecule has 1 nitrogen and oxygen atoms in total. The van der Waals surface area contributed by atoms with Crippen LogP contribution in [0.15, 0.2) is 12.1 Å². The zero-order valence-electron chi connectivity index (χ0n) is 10.2. The van der Waals surface area contributed by atoms with Crippen LogP contribution in [0.1, 0.15) is 42.1 Å². The van der Waals surface area contributed by atoms with E-state index in [9.17, 15) is 0 Å².